The van der Waals surface area contributed by atoms with Crippen LogP contribution in [0.15, 0.2) is 17.5 Å². The molecule has 3 rings (SSSR count). The van der Waals surface area contributed by atoms with Crippen LogP contribution in [0.3, 0.4) is 0 Å². The van der Waals surface area contributed by atoms with Crippen LogP contribution in [0.1, 0.15) is 24.2 Å². The van der Waals surface area contributed by atoms with Gasteiger partial charge in [0.05, 0.1) is 10.6 Å². The van der Waals surface area contributed by atoms with E-state index >= 15 is 0 Å². The third kappa shape index (κ3) is 3.58. The molecule has 0 atom stereocenters. The van der Waals surface area contributed by atoms with Gasteiger partial charge in [-0.25, -0.2) is 9.97 Å². The molecule has 23 heavy (non-hydrogen) atoms. The van der Waals surface area contributed by atoms with Crippen LogP contribution in [-0.4, -0.2) is 34.0 Å². The lowest BCUT2D eigenvalue weighted by Gasteiger charge is -2.33. The average Bonchev–Trinajstić information content (AvgIpc) is 2.92. The van der Waals surface area contributed by atoms with Crippen molar-refractivity contribution in [1.82, 2.24) is 9.97 Å². The van der Waals surface area contributed by atoms with Gasteiger partial charge in [0.2, 0.25) is 0 Å². The molecule has 0 unspecified atom stereocenters. The molecule has 0 spiro atoms. The van der Waals surface area contributed by atoms with Gasteiger partial charge in [-0.2, -0.15) is 0 Å². The minimum atomic E-state index is -0.391. The van der Waals surface area contributed by atoms with Crippen LogP contribution in [0.25, 0.3) is 0 Å². The average molecular weight is 333 g/mol. The number of nitrogens with one attached hydrogen (secondary N) is 1. The van der Waals surface area contributed by atoms with E-state index in [0.29, 0.717) is 11.7 Å². The summed E-state index contributed by atoms with van der Waals surface area (Å²) in [6.45, 7) is 5.44. The zero-order valence-corrected chi connectivity index (χ0v) is 14.0. The summed E-state index contributed by atoms with van der Waals surface area (Å²) in [5.41, 5.74) is 1.58. The Balaban J connectivity index is 1.60. The van der Waals surface area contributed by atoms with Crippen molar-refractivity contribution in [2.45, 2.75) is 32.7 Å². The smallest absolute Gasteiger partial charge is 0.290 e. The summed E-state index contributed by atoms with van der Waals surface area (Å²) >= 11 is 1.63. The Kier molecular flexibility index (Phi) is 4.42. The third-order valence-electron chi connectivity index (χ3n) is 4.01. The maximum absolute atomic E-state index is 10.9. The number of hydrogen-bond acceptors (Lipinski definition) is 7. The van der Waals surface area contributed by atoms with Gasteiger partial charge in [0.25, 0.3) is 5.69 Å². The summed E-state index contributed by atoms with van der Waals surface area (Å²) in [7, 11) is 0. The molecule has 0 bridgehead atoms. The van der Waals surface area contributed by atoms with Crippen LogP contribution >= 0.6 is 11.3 Å². The number of anilines is 2. The van der Waals surface area contributed by atoms with E-state index in [9.17, 15) is 10.1 Å². The van der Waals surface area contributed by atoms with Crippen LogP contribution in [0, 0.1) is 24.0 Å². The Morgan fingerprint density at radius 3 is 2.61 bits per heavy atom. The molecule has 0 amide bonds. The monoisotopic (exact) mass is 333 g/mol. The normalized spacial score (nSPS) is 15.7. The van der Waals surface area contributed by atoms with E-state index in [-0.39, 0.29) is 5.69 Å². The summed E-state index contributed by atoms with van der Waals surface area (Å²) in [4.78, 5) is 21.5. The fourth-order valence-electron chi connectivity index (χ4n) is 2.76. The van der Waals surface area contributed by atoms with Gasteiger partial charge in [-0.05, 0) is 32.8 Å². The highest BCUT2D eigenvalue weighted by atomic mass is 32.1. The minimum Gasteiger partial charge on any atom is -0.359 e. The van der Waals surface area contributed by atoms with Crippen molar-refractivity contribution in [3.05, 3.63) is 39.0 Å². The first-order chi connectivity index (χ1) is 11.0. The van der Waals surface area contributed by atoms with Gasteiger partial charge in [-0.1, -0.05) is 0 Å². The van der Waals surface area contributed by atoms with Crippen LogP contribution in [0.5, 0.6) is 0 Å². The van der Waals surface area contributed by atoms with Crippen molar-refractivity contribution in [2.75, 3.05) is 23.3 Å². The highest BCUT2D eigenvalue weighted by Crippen LogP contribution is 2.25. The Hall–Kier alpha value is -2.22. The maximum atomic E-state index is 10.9. The van der Waals surface area contributed by atoms with Gasteiger partial charge in [0.15, 0.2) is 5.13 Å². The molecule has 7 nitrogen and oxygen atoms in total. The standard InChI is InChI=1S/C15H19N5O2S/c1-10-9-23-15(16-10)18-12-5-7-19(8-6-12)14-4-3-13(20(21)22)11(2)17-14/h3-4,9,12H,5-8H2,1-2H3,(H,16,18). The van der Waals surface area contributed by atoms with E-state index < -0.39 is 4.92 Å². The van der Waals surface area contributed by atoms with Gasteiger partial charge < -0.3 is 10.2 Å². The molecule has 1 aliphatic heterocycles. The second-order valence-electron chi connectivity index (χ2n) is 5.73. The first-order valence-corrected chi connectivity index (χ1v) is 8.46. The van der Waals surface area contributed by atoms with Crippen LogP contribution < -0.4 is 10.2 Å². The number of nitrogens with zero attached hydrogens (tertiary/aromatic N) is 4. The van der Waals surface area contributed by atoms with Gasteiger partial charge in [-0.3, -0.25) is 10.1 Å². The van der Waals surface area contributed by atoms with Crippen LogP contribution in [0.4, 0.5) is 16.6 Å². The highest BCUT2D eigenvalue weighted by Gasteiger charge is 2.22. The zero-order valence-electron chi connectivity index (χ0n) is 13.2. The zero-order chi connectivity index (χ0) is 16.4. The lowest BCUT2D eigenvalue weighted by atomic mass is 10.1. The molecular weight excluding hydrogens is 314 g/mol. The lowest BCUT2D eigenvalue weighted by Crippen LogP contribution is -2.39. The molecular formula is C15H19N5O2S. The number of aromatic nitrogens is 2. The third-order valence-corrected chi connectivity index (χ3v) is 4.90. The van der Waals surface area contributed by atoms with Crippen molar-refractivity contribution < 1.29 is 4.92 Å². The highest BCUT2D eigenvalue weighted by molar-refractivity contribution is 7.13. The van der Waals surface area contributed by atoms with Crippen molar-refractivity contribution in [3.63, 3.8) is 0 Å². The van der Waals surface area contributed by atoms with Crippen molar-refractivity contribution >= 4 is 28.0 Å². The van der Waals surface area contributed by atoms with E-state index in [4.69, 9.17) is 0 Å². The SMILES string of the molecule is Cc1csc(NC2CCN(c3ccc([N+](=O)[O-])c(C)n3)CC2)n1. The van der Waals surface area contributed by atoms with Crippen molar-refractivity contribution in [3.8, 4) is 0 Å². The molecule has 1 fully saturated rings. The molecule has 8 heteroatoms. The number of hydrogen-bond donors (Lipinski definition) is 1. The molecule has 2 aromatic rings. The second-order valence-corrected chi connectivity index (χ2v) is 6.59. The van der Waals surface area contributed by atoms with Gasteiger partial charge in [0.1, 0.15) is 11.5 Å². The van der Waals surface area contributed by atoms with E-state index in [1.807, 2.05) is 12.3 Å². The second kappa shape index (κ2) is 6.49. The van der Waals surface area contributed by atoms with Gasteiger partial charge in [0, 0.05) is 30.6 Å². The molecule has 0 radical (unpaired) electrons. The first kappa shape index (κ1) is 15.7. The van der Waals surface area contributed by atoms with Gasteiger partial charge in [-0.15, -0.1) is 11.3 Å². The number of piperidine rings is 1. The van der Waals surface area contributed by atoms with E-state index in [1.54, 1.807) is 30.4 Å². The number of rotatable bonds is 4. The predicted octanol–water partition coefficient (Wildman–Crippen LogP) is 3.14. The number of pyridine rings is 1. The molecule has 1 saturated heterocycles. The molecule has 0 saturated carbocycles. The maximum Gasteiger partial charge on any atom is 0.290 e. The number of nitro groups is 1. The summed E-state index contributed by atoms with van der Waals surface area (Å²) in [5.74, 6) is 0.816. The van der Waals surface area contributed by atoms with E-state index in [2.05, 4.69) is 20.2 Å². The fraction of sp³-hybridized carbons (Fsp3) is 0.467. The Morgan fingerprint density at radius 1 is 1.30 bits per heavy atom. The largest absolute Gasteiger partial charge is 0.359 e. The topological polar surface area (TPSA) is 84.2 Å². The van der Waals surface area contributed by atoms with E-state index in [0.717, 1.165) is 42.6 Å². The number of aryl methyl sites for hydroxylation is 2. The molecule has 3 heterocycles. The Bertz CT molecular complexity index is 710. The minimum absolute atomic E-state index is 0.0736. The summed E-state index contributed by atoms with van der Waals surface area (Å²) in [5, 5.41) is 17.4. The molecule has 1 N–H and O–H groups in total. The molecule has 0 aliphatic carbocycles. The van der Waals surface area contributed by atoms with Gasteiger partial charge >= 0.3 is 0 Å². The lowest BCUT2D eigenvalue weighted by molar-refractivity contribution is -0.385. The summed E-state index contributed by atoms with van der Waals surface area (Å²) < 4.78 is 0. The number of thiazole rings is 1. The Labute approximate surface area is 138 Å². The first-order valence-electron chi connectivity index (χ1n) is 7.58. The Morgan fingerprint density at radius 2 is 2.04 bits per heavy atom. The quantitative estimate of drug-likeness (QED) is 0.683. The summed E-state index contributed by atoms with van der Waals surface area (Å²) in [6.07, 6.45) is 1.99. The predicted molar refractivity (Wildman–Crippen MR) is 91.3 cm³/mol. The molecule has 0 aromatic carbocycles. The summed E-state index contributed by atoms with van der Waals surface area (Å²) in [6, 6.07) is 3.69. The van der Waals surface area contributed by atoms with Crippen molar-refractivity contribution in [1.29, 1.82) is 0 Å². The molecule has 2 aromatic heterocycles. The van der Waals surface area contributed by atoms with E-state index in [1.165, 1.54) is 0 Å². The molecule has 122 valence electrons. The van der Waals surface area contributed by atoms with Crippen LogP contribution in [-0.2, 0) is 0 Å². The van der Waals surface area contributed by atoms with Crippen molar-refractivity contribution in [2.24, 2.45) is 0 Å². The van der Waals surface area contributed by atoms with Crippen LogP contribution in [0.2, 0.25) is 0 Å². The fourth-order valence-corrected chi connectivity index (χ4v) is 3.52. The molecule has 1 aliphatic rings.